The Morgan fingerprint density at radius 3 is 1.09 bits per heavy atom. The summed E-state index contributed by atoms with van der Waals surface area (Å²) in [6.45, 7) is 27.9. The van der Waals surface area contributed by atoms with Crippen molar-refractivity contribution in [2.75, 3.05) is 40.5 Å². The van der Waals surface area contributed by atoms with Gasteiger partial charge in [0.2, 0.25) is 29.7 Å². The number of rotatable bonds is 18. The average Bonchev–Trinajstić information content (AvgIpc) is 1.60. The summed E-state index contributed by atoms with van der Waals surface area (Å²) in [5.74, 6) is 3.41. The van der Waals surface area contributed by atoms with Gasteiger partial charge < -0.3 is 34.0 Å². The first-order chi connectivity index (χ1) is 58.3. The maximum absolute atomic E-state index is 13.5. The number of fused-ring (bicyclic) bond motifs is 2. The molecule has 11 N–H and O–H groups in total. The van der Waals surface area contributed by atoms with Gasteiger partial charge in [0.1, 0.15) is 5.82 Å². The van der Waals surface area contributed by atoms with Crippen molar-refractivity contribution in [1.82, 2.24) is 57.8 Å². The molecule has 0 atom stereocenters. The molecule has 7 aromatic heterocycles. The Labute approximate surface area is 719 Å². The van der Waals surface area contributed by atoms with Gasteiger partial charge in [0.05, 0.1) is 49.3 Å². The Balaban J connectivity index is 0.000000142. The molecule has 0 radical (unpaired) electrons. The molecule has 24 heteroatoms. The van der Waals surface area contributed by atoms with E-state index >= 15 is 0 Å². The summed E-state index contributed by atoms with van der Waals surface area (Å²) in [4.78, 5) is 44.3. The SMILES string of the molecule is CCCc1cc(-c2cccc(C)c2C)nc(N)n1.CCNc1cc(-c2cn(S(=O)(=O)c3ccc(C)cc3)c3ccccc23)nc(N)n1.Cc1ccc(S(=O)(=O)n2cc(-c3cc(CC4CCCCC4)nc(N)n3)c3ccccc32)cc1.Cc1cccc(-c2cc(CC(C)(C)C)nc(N)n2)c1C.Cc1cccc(-c2cc(CC3CCCCC3)nc(N)n2)c1C. The molecule has 0 bridgehead atoms. The largest absolute Gasteiger partial charge is 0.370 e. The van der Waals surface area contributed by atoms with Crippen LogP contribution in [0.4, 0.5) is 35.6 Å². The highest BCUT2D eigenvalue weighted by molar-refractivity contribution is 7.90. The lowest BCUT2D eigenvalue weighted by atomic mass is 9.86. The lowest BCUT2D eigenvalue weighted by molar-refractivity contribution is 0.354. The molecule has 2 aliphatic carbocycles. The van der Waals surface area contributed by atoms with E-state index in [2.05, 4.69) is 191 Å². The van der Waals surface area contributed by atoms with Crippen LogP contribution >= 0.6 is 0 Å². The van der Waals surface area contributed by atoms with Gasteiger partial charge in [0.25, 0.3) is 20.0 Å². The molecule has 0 amide bonds. The Morgan fingerprint density at radius 1 is 0.377 bits per heavy atom. The zero-order valence-corrected chi connectivity index (χ0v) is 74.3. The molecule has 2 fully saturated rings. The molecule has 2 aliphatic rings. The van der Waals surface area contributed by atoms with Crippen LogP contribution in [0.1, 0.15) is 173 Å². The van der Waals surface area contributed by atoms with Crippen LogP contribution in [0.15, 0.2) is 204 Å². The number of hydrogen-bond donors (Lipinski definition) is 6. The van der Waals surface area contributed by atoms with E-state index in [4.69, 9.17) is 28.7 Å². The molecule has 0 spiro atoms. The maximum Gasteiger partial charge on any atom is 0.268 e. The third-order valence-electron chi connectivity index (χ3n) is 22.7. The minimum atomic E-state index is -3.77. The Kier molecular flexibility index (Phi) is 28.8. The van der Waals surface area contributed by atoms with Crippen molar-refractivity contribution in [2.24, 2.45) is 17.3 Å². The minimum absolute atomic E-state index is 0.122. The smallest absolute Gasteiger partial charge is 0.268 e. The van der Waals surface area contributed by atoms with Crippen LogP contribution in [0.25, 0.3) is 78.1 Å². The van der Waals surface area contributed by atoms with Crippen LogP contribution in [-0.2, 0) is 45.7 Å². The first kappa shape index (κ1) is 89.0. The third-order valence-corrected chi connectivity index (χ3v) is 26.0. The molecule has 122 heavy (non-hydrogen) atoms. The number of hydrogen-bond acceptors (Lipinski definition) is 20. The van der Waals surface area contributed by atoms with Crippen molar-refractivity contribution in [3.8, 4) is 56.3 Å². The van der Waals surface area contributed by atoms with Gasteiger partial charge in [-0.25, -0.2) is 69.6 Å². The standard InChI is InChI=1S/C26H28N4O2S.C21H21N5O2S.C19H25N3.C17H23N3.C15H19N3/c1-18-11-13-21(14-12-18)33(31,32)30-17-23(22-9-5-6-10-25(22)30)24-16-20(28-26(27)29-24)15-19-7-3-2-4-8-19;1-3-23-20-12-18(24-21(22)25-20)17-13-26(19-7-5-4-6-16(17)19)29(27,28)15-10-8-14(2)9-11-15;1-13-7-6-10-17(14(13)2)18-12-16(21-19(20)22-18)11-15-8-4-3-5-9-15;1-11-7-6-8-14(12(11)2)15-9-13(10-17(3,4)5)19-16(18)20-15;1-4-6-12-9-14(18-15(16)17-12)13-8-5-7-10(2)11(13)3/h5-6,9-14,16-17,19H,2-4,7-8,15H2,1H3,(H2,27,28,29);4-13H,3H2,1-2H3,(H3,22,23,24,25);6-7,10,12,15H,3-5,8-9,11H2,1-2H3,(H2,20,21,22);6-9H,10H2,1-5H3,(H2,18,19,20);5,7-9H,4,6H2,1-3H3,(H2,16,17,18). The summed E-state index contributed by atoms with van der Waals surface area (Å²) in [5.41, 5.74) is 53.4. The summed E-state index contributed by atoms with van der Waals surface area (Å²) in [5, 5.41) is 4.70. The second-order valence-electron chi connectivity index (χ2n) is 33.4. The van der Waals surface area contributed by atoms with Crippen molar-refractivity contribution < 1.29 is 16.8 Å². The molecular weight excluding hydrogens is 1560 g/mol. The maximum atomic E-state index is 13.5. The number of nitrogens with zero attached hydrogens (tertiary/aromatic N) is 12. The highest BCUT2D eigenvalue weighted by Gasteiger charge is 2.27. The summed E-state index contributed by atoms with van der Waals surface area (Å²) in [6.07, 6.45) is 21.1. The van der Waals surface area contributed by atoms with Gasteiger partial charge in [-0.05, 0) is 199 Å². The number of para-hydroxylation sites is 2. The highest BCUT2D eigenvalue weighted by atomic mass is 32.2. The number of nitrogen functional groups attached to an aromatic ring is 5. The summed E-state index contributed by atoms with van der Waals surface area (Å²) < 4.78 is 56.3. The number of nitrogens with one attached hydrogen (secondary N) is 1. The topological polar surface area (TPSA) is 349 Å². The van der Waals surface area contributed by atoms with E-state index in [1.165, 1.54) is 111 Å². The lowest BCUT2D eigenvalue weighted by Crippen LogP contribution is -2.12. The monoisotopic (exact) mass is 1670 g/mol. The van der Waals surface area contributed by atoms with Crippen LogP contribution in [-0.4, -0.2) is 81.2 Å². The predicted molar refractivity (Wildman–Crippen MR) is 498 cm³/mol. The molecular formula is C98H116N18O4S2. The third kappa shape index (κ3) is 22.3. The van der Waals surface area contributed by atoms with E-state index in [0.29, 0.717) is 64.1 Å². The van der Waals surface area contributed by atoms with Crippen LogP contribution in [0.5, 0.6) is 0 Å². The van der Waals surface area contributed by atoms with Crippen LogP contribution < -0.4 is 34.0 Å². The Morgan fingerprint density at radius 2 is 0.713 bits per heavy atom. The Hall–Kier alpha value is -12.3. The predicted octanol–water partition coefficient (Wildman–Crippen LogP) is 20.7. The quantitative estimate of drug-likeness (QED) is 0.0465. The number of anilines is 6. The van der Waals surface area contributed by atoms with Crippen molar-refractivity contribution in [3.05, 3.63) is 262 Å². The van der Waals surface area contributed by atoms with Gasteiger partial charge >= 0.3 is 0 Å². The fourth-order valence-corrected chi connectivity index (χ4v) is 18.7. The molecule has 634 valence electrons. The molecule has 7 heterocycles. The normalized spacial score (nSPS) is 13.2. The zero-order chi connectivity index (χ0) is 87.2. The molecule has 0 saturated heterocycles. The molecule has 0 aliphatic heterocycles. The van der Waals surface area contributed by atoms with Gasteiger partial charge in [-0.3, -0.25) is 0 Å². The number of nitrogens with two attached hydrogens (primary N) is 5. The van der Waals surface area contributed by atoms with Gasteiger partial charge in [-0.1, -0.05) is 225 Å². The minimum Gasteiger partial charge on any atom is -0.370 e. The van der Waals surface area contributed by atoms with Crippen LogP contribution in [0, 0.1) is 72.6 Å². The number of aryl methyl sites for hydroxylation is 6. The van der Waals surface area contributed by atoms with Gasteiger partial charge in [0, 0.05) is 86.4 Å². The summed E-state index contributed by atoms with van der Waals surface area (Å²) >= 11 is 0. The fraction of sp³-hybridized carbons (Fsp3) is 0.327. The average molecular weight is 1670 g/mol. The second kappa shape index (κ2) is 39.5. The molecule has 16 rings (SSSR count). The van der Waals surface area contributed by atoms with Crippen molar-refractivity contribution in [1.29, 1.82) is 0 Å². The Bertz CT molecular complexity index is 6250. The lowest BCUT2D eigenvalue weighted by Gasteiger charge is -2.21. The van der Waals surface area contributed by atoms with Gasteiger partial charge in [-0.2, -0.15) is 4.98 Å². The summed E-state index contributed by atoms with van der Waals surface area (Å²) in [6, 6.07) is 57.3. The van der Waals surface area contributed by atoms with Gasteiger partial charge in [0.15, 0.2) is 0 Å². The van der Waals surface area contributed by atoms with E-state index < -0.39 is 20.0 Å². The van der Waals surface area contributed by atoms with Crippen LogP contribution in [0.3, 0.4) is 0 Å². The first-order valence-electron chi connectivity index (χ1n) is 42.3. The highest BCUT2D eigenvalue weighted by Crippen LogP contribution is 2.38. The second-order valence-corrected chi connectivity index (χ2v) is 37.1. The molecule has 7 aromatic carbocycles. The fourth-order valence-electron chi connectivity index (χ4n) is 15.9. The number of aromatic nitrogens is 12. The first-order valence-corrected chi connectivity index (χ1v) is 45.2. The van der Waals surface area contributed by atoms with E-state index in [1.54, 1.807) is 60.9 Å². The summed E-state index contributed by atoms with van der Waals surface area (Å²) in [7, 11) is -7.54. The van der Waals surface area contributed by atoms with E-state index in [-0.39, 0.29) is 27.1 Å². The van der Waals surface area contributed by atoms with E-state index in [1.807, 2.05) is 87.5 Å². The number of benzene rings is 7. The van der Waals surface area contributed by atoms with Crippen molar-refractivity contribution >= 4 is 77.4 Å². The van der Waals surface area contributed by atoms with E-state index in [0.717, 1.165) is 116 Å². The molecule has 0 unspecified atom stereocenters. The molecule has 2 saturated carbocycles. The van der Waals surface area contributed by atoms with Crippen LogP contribution in [0.2, 0.25) is 0 Å². The molecule has 22 nitrogen and oxygen atoms in total. The van der Waals surface area contributed by atoms with E-state index in [9.17, 15) is 16.8 Å². The zero-order valence-electron chi connectivity index (χ0n) is 72.6. The van der Waals surface area contributed by atoms with Gasteiger partial charge in [-0.15, -0.1) is 0 Å². The van der Waals surface area contributed by atoms with Crippen molar-refractivity contribution in [2.45, 2.75) is 196 Å². The van der Waals surface area contributed by atoms with Crippen molar-refractivity contribution in [3.63, 3.8) is 0 Å². The molecule has 14 aromatic rings.